The highest BCUT2D eigenvalue weighted by atomic mass is 16.2. The van der Waals surface area contributed by atoms with Gasteiger partial charge in [-0.2, -0.15) is 0 Å². The van der Waals surface area contributed by atoms with Gasteiger partial charge in [0.05, 0.1) is 5.92 Å². The number of amides is 1. The molecule has 0 spiro atoms. The predicted octanol–water partition coefficient (Wildman–Crippen LogP) is 2.69. The van der Waals surface area contributed by atoms with Gasteiger partial charge in [-0.3, -0.25) is 4.79 Å². The molecule has 1 amide bonds. The zero-order chi connectivity index (χ0) is 13.7. The summed E-state index contributed by atoms with van der Waals surface area (Å²) in [6, 6.07) is 0.314. The lowest BCUT2D eigenvalue weighted by molar-refractivity contribution is -0.127. The summed E-state index contributed by atoms with van der Waals surface area (Å²) in [6.45, 7) is 8.74. The average molecular weight is 254 g/mol. The van der Waals surface area contributed by atoms with Crippen LogP contribution in [0, 0.1) is 17.8 Å². The maximum absolute atomic E-state index is 12.2. The van der Waals surface area contributed by atoms with Crippen molar-refractivity contribution in [3.63, 3.8) is 0 Å². The van der Waals surface area contributed by atoms with Crippen LogP contribution in [0.15, 0.2) is 0 Å². The van der Waals surface area contributed by atoms with E-state index in [4.69, 9.17) is 5.73 Å². The summed E-state index contributed by atoms with van der Waals surface area (Å²) in [7, 11) is 0. The molecule has 0 heterocycles. The van der Waals surface area contributed by atoms with Crippen molar-refractivity contribution in [1.82, 2.24) is 5.32 Å². The maximum atomic E-state index is 12.2. The van der Waals surface area contributed by atoms with Crippen LogP contribution in [-0.2, 0) is 4.79 Å². The van der Waals surface area contributed by atoms with Crippen LogP contribution in [0.1, 0.15) is 59.8 Å². The molecular weight excluding hydrogens is 224 g/mol. The van der Waals surface area contributed by atoms with Crippen LogP contribution in [0.25, 0.3) is 0 Å². The highest BCUT2D eigenvalue weighted by molar-refractivity contribution is 5.79. The van der Waals surface area contributed by atoms with Gasteiger partial charge in [0.2, 0.25) is 5.91 Å². The van der Waals surface area contributed by atoms with Gasteiger partial charge in [-0.1, -0.05) is 27.2 Å². The van der Waals surface area contributed by atoms with E-state index >= 15 is 0 Å². The van der Waals surface area contributed by atoms with Gasteiger partial charge in [0.15, 0.2) is 0 Å². The minimum Gasteiger partial charge on any atom is -0.353 e. The van der Waals surface area contributed by atoms with E-state index in [1.165, 1.54) is 6.42 Å². The Morgan fingerprint density at radius 2 is 2.06 bits per heavy atom. The summed E-state index contributed by atoms with van der Waals surface area (Å²) in [4.78, 5) is 12.2. The van der Waals surface area contributed by atoms with Crippen molar-refractivity contribution in [1.29, 1.82) is 0 Å². The zero-order valence-corrected chi connectivity index (χ0v) is 12.4. The summed E-state index contributed by atoms with van der Waals surface area (Å²) in [5, 5.41) is 3.15. The summed E-state index contributed by atoms with van der Waals surface area (Å²) >= 11 is 0. The number of rotatable bonds is 5. The quantitative estimate of drug-likeness (QED) is 0.792. The Labute approximate surface area is 112 Å². The largest absolute Gasteiger partial charge is 0.353 e. The molecule has 1 fully saturated rings. The second-order valence-electron chi connectivity index (χ2n) is 6.35. The lowest BCUT2D eigenvalue weighted by Gasteiger charge is -2.32. The molecule has 3 heteroatoms. The Morgan fingerprint density at radius 3 is 2.67 bits per heavy atom. The molecule has 1 aliphatic carbocycles. The first-order valence-corrected chi connectivity index (χ1v) is 7.50. The second kappa shape index (κ2) is 7.13. The van der Waals surface area contributed by atoms with Crippen molar-refractivity contribution < 1.29 is 4.79 Å². The highest BCUT2D eigenvalue weighted by Gasteiger charge is 2.31. The van der Waals surface area contributed by atoms with Gasteiger partial charge in [-0.15, -0.1) is 0 Å². The summed E-state index contributed by atoms with van der Waals surface area (Å²) in [6.07, 6.45) is 5.31. The number of nitrogens with one attached hydrogen (secondary N) is 1. The molecule has 3 nitrogen and oxygen atoms in total. The minimum absolute atomic E-state index is 0.0214. The third-order valence-corrected chi connectivity index (χ3v) is 4.34. The van der Waals surface area contributed by atoms with Crippen LogP contribution < -0.4 is 11.1 Å². The number of nitrogens with two attached hydrogens (primary N) is 1. The van der Waals surface area contributed by atoms with Crippen molar-refractivity contribution in [3.8, 4) is 0 Å². The molecule has 0 aromatic carbocycles. The summed E-state index contributed by atoms with van der Waals surface area (Å²) in [5.74, 6) is 1.49. The molecule has 1 rings (SSSR count). The molecule has 0 bridgehead atoms. The van der Waals surface area contributed by atoms with Gasteiger partial charge in [0, 0.05) is 12.1 Å². The highest BCUT2D eigenvalue weighted by Crippen LogP contribution is 2.28. The van der Waals surface area contributed by atoms with Crippen LogP contribution in [0.4, 0.5) is 0 Å². The third kappa shape index (κ3) is 4.60. The smallest absolute Gasteiger partial charge is 0.224 e. The molecule has 0 aliphatic heterocycles. The molecular formula is C15H30N2O. The van der Waals surface area contributed by atoms with Crippen molar-refractivity contribution in [3.05, 3.63) is 0 Å². The maximum Gasteiger partial charge on any atom is 0.224 e. The SMILES string of the molecule is CCC(C)CC(C)NC(=O)C1CC(C)CCC1N. The topological polar surface area (TPSA) is 55.1 Å². The lowest BCUT2D eigenvalue weighted by Crippen LogP contribution is -2.47. The molecule has 0 radical (unpaired) electrons. The average Bonchev–Trinajstić information content (AvgIpc) is 2.31. The first-order valence-electron chi connectivity index (χ1n) is 7.50. The standard InChI is InChI=1S/C15H30N2O/c1-5-10(2)8-12(4)17-15(18)13-9-11(3)6-7-14(13)16/h10-14H,5-9,16H2,1-4H3,(H,17,18). The Kier molecular flexibility index (Phi) is 6.13. The first-order chi connectivity index (χ1) is 8.43. The normalized spacial score (nSPS) is 31.7. The van der Waals surface area contributed by atoms with Crippen LogP contribution in [-0.4, -0.2) is 18.0 Å². The molecule has 3 N–H and O–H groups in total. The van der Waals surface area contributed by atoms with E-state index in [1.807, 2.05) is 0 Å². The van der Waals surface area contributed by atoms with Gasteiger partial charge >= 0.3 is 0 Å². The van der Waals surface area contributed by atoms with Crippen molar-refractivity contribution in [2.45, 2.75) is 71.9 Å². The van der Waals surface area contributed by atoms with E-state index in [0.29, 0.717) is 11.8 Å². The Bertz CT molecular complexity index is 267. The zero-order valence-electron chi connectivity index (χ0n) is 12.4. The molecule has 0 saturated heterocycles. The van der Waals surface area contributed by atoms with E-state index in [0.717, 1.165) is 25.7 Å². The summed E-state index contributed by atoms with van der Waals surface area (Å²) < 4.78 is 0. The van der Waals surface area contributed by atoms with Gasteiger partial charge < -0.3 is 11.1 Å². The van der Waals surface area contributed by atoms with Gasteiger partial charge in [0.25, 0.3) is 0 Å². The van der Waals surface area contributed by atoms with Gasteiger partial charge in [-0.25, -0.2) is 0 Å². The van der Waals surface area contributed by atoms with E-state index < -0.39 is 0 Å². The van der Waals surface area contributed by atoms with Gasteiger partial charge in [0.1, 0.15) is 0 Å². The fourth-order valence-electron chi connectivity index (χ4n) is 2.88. The molecule has 5 atom stereocenters. The Balaban J connectivity index is 2.43. The van der Waals surface area contributed by atoms with Crippen molar-refractivity contribution >= 4 is 5.91 Å². The molecule has 1 saturated carbocycles. The van der Waals surface area contributed by atoms with Crippen LogP contribution in [0.5, 0.6) is 0 Å². The summed E-state index contributed by atoms with van der Waals surface area (Å²) in [5.41, 5.74) is 6.08. The van der Waals surface area contributed by atoms with Crippen molar-refractivity contribution in [2.75, 3.05) is 0 Å². The number of carbonyl (C=O) groups excluding carboxylic acids is 1. The molecule has 1 aliphatic rings. The Morgan fingerprint density at radius 1 is 1.39 bits per heavy atom. The second-order valence-corrected chi connectivity index (χ2v) is 6.35. The lowest BCUT2D eigenvalue weighted by atomic mass is 9.78. The van der Waals surface area contributed by atoms with E-state index in [1.54, 1.807) is 0 Å². The minimum atomic E-state index is 0.0214. The third-order valence-electron chi connectivity index (χ3n) is 4.34. The number of hydrogen-bond acceptors (Lipinski definition) is 2. The van der Waals surface area contributed by atoms with E-state index in [2.05, 4.69) is 33.0 Å². The molecule has 0 aromatic rings. The van der Waals surface area contributed by atoms with Crippen LogP contribution >= 0.6 is 0 Å². The van der Waals surface area contributed by atoms with Crippen LogP contribution in [0.3, 0.4) is 0 Å². The first kappa shape index (κ1) is 15.5. The molecule has 106 valence electrons. The van der Waals surface area contributed by atoms with E-state index in [-0.39, 0.29) is 23.9 Å². The predicted molar refractivity (Wildman–Crippen MR) is 76.2 cm³/mol. The number of hydrogen-bond donors (Lipinski definition) is 2. The monoisotopic (exact) mass is 254 g/mol. The van der Waals surface area contributed by atoms with Gasteiger partial charge in [-0.05, 0) is 44.4 Å². The number of carbonyl (C=O) groups is 1. The van der Waals surface area contributed by atoms with Crippen LogP contribution in [0.2, 0.25) is 0 Å². The fourth-order valence-corrected chi connectivity index (χ4v) is 2.88. The van der Waals surface area contributed by atoms with E-state index in [9.17, 15) is 4.79 Å². The molecule has 18 heavy (non-hydrogen) atoms. The molecule has 0 aromatic heterocycles. The van der Waals surface area contributed by atoms with Crippen molar-refractivity contribution in [2.24, 2.45) is 23.5 Å². The molecule has 5 unspecified atom stereocenters. The Hall–Kier alpha value is -0.570. The fraction of sp³-hybridized carbons (Fsp3) is 0.933.